The van der Waals surface area contributed by atoms with E-state index in [1.807, 2.05) is 25.1 Å². The molecule has 4 nitrogen and oxygen atoms in total. The topological polar surface area (TPSA) is 46.3 Å². The second-order valence-corrected chi connectivity index (χ2v) is 6.59. The zero-order valence-electron chi connectivity index (χ0n) is 11.9. The van der Waals surface area contributed by atoms with E-state index in [-0.39, 0.29) is 5.43 Å². The van der Waals surface area contributed by atoms with Crippen molar-refractivity contribution in [1.82, 2.24) is 4.98 Å². The van der Waals surface area contributed by atoms with Crippen LogP contribution in [0.4, 0.5) is 5.13 Å². The van der Waals surface area contributed by atoms with Gasteiger partial charge in [-0.05, 0) is 43.9 Å². The maximum atomic E-state index is 12.6. The monoisotopic (exact) mass is 300 g/mol. The first-order valence-corrected chi connectivity index (χ1v) is 8.13. The van der Waals surface area contributed by atoms with E-state index >= 15 is 0 Å². The Balaban J connectivity index is 1.92. The third-order valence-electron chi connectivity index (χ3n) is 4.01. The number of nitrogens with zero attached hydrogens (tertiary/aromatic N) is 2. The molecule has 0 radical (unpaired) electrons. The highest BCUT2D eigenvalue weighted by Crippen LogP contribution is 2.30. The zero-order chi connectivity index (χ0) is 14.4. The lowest BCUT2D eigenvalue weighted by molar-refractivity contribution is 0.575. The molecule has 0 atom stereocenters. The summed E-state index contributed by atoms with van der Waals surface area (Å²) in [4.78, 5) is 19.4. The van der Waals surface area contributed by atoms with E-state index in [1.165, 1.54) is 30.6 Å². The van der Waals surface area contributed by atoms with Gasteiger partial charge >= 0.3 is 0 Å². The Morgan fingerprint density at radius 1 is 1.24 bits per heavy atom. The zero-order valence-corrected chi connectivity index (χ0v) is 12.7. The van der Waals surface area contributed by atoms with Crippen LogP contribution in [0.25, 0.3) is 21.4 Å². The number of thiazole rings is 1. The van der Waals surface area contributed by atoms with Crippen LogP contribution in [0.5, 0.6) is 0 Å². The van der Waals surface area contributed by atoms with Gasteiger partial charge in [-0.1, -0.05) is 17.4 Å². The Labute approximate surface area is 126 Å². The molecule has 1 saturated heterocycles. The molecule has 21 heavy (non-hydrogen) atoms. The van der Waals surface area contributed by atoms with Crippen molar-refractivity contribution < 1.29 is 4.42 Å². The predicted octanol–water partition coefficient (Wildman–Crippen LogP) is 3.70. The summed E-state index contributed by atoms with van der Waals surface area (Å²) in [6, 6.07) is 5.68. The molecule has 3 heterocycles. The van der Waals surface area contributed by atoms with E-state index in [1.54, 1.807) is 0 Å². The average Bonchev–Trinajstić information content (AvgIpc) is 2.92. The van der Waals surface area contributed by atoms with Crippen LogP contribution >= 0.6 is 11.3 Å². The van der Waals surface area contributed by atoms with Crippen molar-refractivity contribution in [2.75, 3.05) is 18.0 Å². The van der Waals surface area contributed by atoms with E-state index in [0.29, 0.717) is 21.4 Å². The van der Waals surface area contributed by atoms with E-state index in [9.17, 15) is 4.79 Å². The van der Waals surface area contributed by atoms with Gasteiger partial charge in [-0.2, -0.15) is 4.98 Å². The van der Waals surface area contributed by atoms with Crippen LogP contribution in [0.2, 0.25) is 0 Å². The van der Waals surface area contributed by atoms with Gasteiger partial charge < -0.3 is 9.32 Å². The van der Waals surface area contributed by atoms with E-state index in [2.05, 4.69) is 9.88 Å². The summed E-state index contributed by atoms with van der Waals surface area (Å²) in [7, 11) is 0. The van der Waals surface area contributed by atoms with Gasteiger partial charge in [-0.15, -0.1) is 0 Å². The smallest absolute Gasteiger partial charge is 0.243 e. The minimum Gasteiger partial charge on any atom is -0.437 e. The Bertz CT molecular complexity index is 875. The molecular weight excluding hydrogens is 284 g/mol. The van der Waals surface area contributed by atoms with Gasteiger partial charge in [0.05, 0.1) is 5.39 Å². The summed E-state index contributed by atoms with van der Waals surface area (Å²) < 4.78 is 6.48. The maximum absolute atomic E-state index is 12.6. The summed E-state index contributed by atoms with van der Waals surface area (Å²) >= 11 is 1.46. The second kappa shape index (κ2) is 4.84. The number of piperidine rings is 1. The molecule has 0 spiro atoms. The number of aryl methyl sites for hydroxylation is 1. The highest BCUT2D eigenvalue weighted by atomic mass is 32.1. The number of rotatable bonds is 1. The highest BCUT2D eigenvalue weighted by molar-refractivity contribution is 7.22. The molecule has 0 saturated carbocycles. The van der Waals surface area contributed by atoms with Crippen molar-refractivity contribution >= 4 is 37.9 Å². The van der Waals surface area contributed by atoms with E-state index in [4.69, 9.17) is 4.42 Å². The van der Waals surface area contributed by atoms with Gasteiger partial charge in [0.2, 0.25) is 11.1 Å². The molecule has 0 amide bonds. The van der Waals surface area contributed by atoms with Gasteiger partial charge in [0.25, 0.3) is 0 Å². The van der Waals surface area contributed by atoms with Gasteiger partial charge in [0.15, 0.2) is 5.13 Å². The third-order valence-corrected chi connectivity index (χ3v) is 5.10. The lowest BCUT2D eigenvalue weighted by Gasteiger charge is -2.25. The Morgan fingerprint density at radius 2 is 2.05 bits per heavy atom. The average molecular weight is 300 g/mol. The minimum atomic E-state index is 0.0343. The summed E-state index contributed by atoms with van der Waals surface area (Å²) in [5.74, 6) is 0. The first-order chi connectivity index (χ1) is 10.2. The number of hydrogen-bond acceptors (Lipinski definition) is 5. The van der Waals surface area contributed by atoms with Crippen molar-refractivity contribution in [3.8, 4) is 0 Å². The fraction of sp³-hybridized carbons (Fsp3) is 0.375. The molecule has 2 aromatic heterocycles. The van der Waals surface area contributed by atoms with Crippen LogP contribution in [0.15, 0.2) is 27.4 Å². The van der Waals surface area contributed by atoms with Gasteiger partial charge in [0.1, 0.15) is 10.3 Å². The summed E-state index contributed by atoms with van der Waals surface area (Å²) in [6.07, 6.45) is 3.67. The third kappa shape index (κ3) is 2.12. The first kappa shape index (κ1) is 12.8. The van der Waals surface area contributed by atoms with Gasteiger partial charge in [-0.3, -0.25) is 4.79 Å². The van der Waals surface area contributed by atoms with Crippen molar-refractivity contribution in [2.24, 2.45) is 0 Å². The highest BCUT2D eigenvalue weighted by Gasteiger charge is 2.18. The van der Waals surface area contributed by atoms with E-state index < -0.39 is 0 Å². The normalized spacial score (nSPS) is 16.0. The predicted molar refractivity (Wildman–Crippen MR) is 86.5 cm³/mol. The van der Waals surface area contributed by atoms with Crippen LogP contribution in [-0.4, -0.2) is 18.1 Å². The molecular formula is C16H16N2O2S. The van der Waals surface area contributed by atoms with Crippen molar-refractivity contribution in [3.05, 3.63) is 34.0 Å². The lowest BCUT2D eigenvalue weighted by atomic mass is 10.1. The summed E-state index contributed by atoms with van der Waals surface area (Å²) in [5.41, 5.74) is 2.22. The number of aromatic nitrogens is 1. The standard InChI is InChI=1S/C16H16N2O2S/c1-10-5-6-11-12(9-10)20-15-14(13(11)19)21-16(17-15)18-7-3-2-4-8-18/h5-6,9H,2-4,7-8H2,1H3. The second-order valence-electron chi connectivity index (χ2n) is 5.61. The number of benzene rings is 1. The van der Waals surface area contributed by atoms with Gasteiger partial charge in [0, 0.05) is 13.1 Å². The Hall–Kier alpha value is -1.88. The summed E-state index contributed by atoms with van der Waals surface area (Å²) in [6.45, 7) is 4.03. The lowest BCUT2D eigenvalue weighted by Crippen LogP contribution is -2.29. The number of fused-ring (bicyclic) bond motifs is 2. The van der Waals surface area contributed by atoms with Crippen molar-refractivity contribution in [2.45, 2.75) is 26.2 Å². The molecule has 1 aromatic carbocycles. The van der Waals surface area contributed by atoms with Crippen molar-refractivity contribution in [3.63, 3.8) is 0 Å². The Kier molecular flexibility index (Phi) is 2.96. The van der Waals surface area contributed by atoms with Crippen molar-refractivity contribution in [1.29, 1.82) is 0 Å². The van der Waals surface area contributed by atoms with Crippen LogP contribution in [0.1, 0.15) is 24.8 Å². The van der Waals surface area contributed by atoms with Crippen LogP contribution < -0.4 is 10.3 Å². The SMILES string of the molecule is Cc1ccc2c(=O)c3sc(N4CCCCC4)nc3oc2c1. The largest absolute Gasteiger partial charge is 0.437 e. The Morgan fingerprint density at radius 3 is 2.86 bits per heavy atom. The molecule has 3 aromatic rings. The fourth-order valence-electron chi connectivity index (χ4n) is 2.86. The summed E-state index contributed by atoms with van der Waals surface area (Å²) in [5, 5.41) is 1.56. The molecule has 1 aliphatic rings. The minimum absolute atomic E-state index is 0.0343. The molecule has 5 heteroatoms. The van der Waals surface area contributed by atoms with Crippen LogP contribution in [-0.2, 0) is 0 Å². The molecule has 1 fully saturated rings. The molecule has 4 rings (SSSR count). The quantitative estimate of drug-likeness (QED) is 0.687. The molecule has 108 valence electrons. The molecule has 0 aliphatic carbocycles. The molecule has 1 aliphatic heterocycles. The van der Waals surface area contributed by atoms with E-state index in [0.717, 1.165) is 23.8 Å². The first-order valence-electron chi connectivity index (χ1n) is 7.31. The molecule has 0 unspecified atom stereocenters. The maximum Gasteiger partial charge on any atom is 0.243 e. The van der Waals surface area contributed by atoms with Crippen LogP contribution in [0, 0.1) is 6.92 Å². The van der Waals surface area contributed by atoms with Gasteiger partial charge in [-0.25, -0.2) is 0 Å². The number of anilines is 1. The van der Waals surface area contributed by atoms with Crippen LogP contribution in [0.3, 0.4) is 0 Å². The fourth-order valence-corrected chi connectivity index (χ4v) is 3.86. The molecule has 0 N–H and O–H groups in total. The number of hydrogen-bond donors (Lipinski definition) is 0. The molecule has 0 bridgehead atoms.